The maximum Gasteiger partial charge on any atom is 0.322 e. The summed E-state index contributed by atoms with van der Waals surface area (Å²) in [7, 11) is 0. The van der Waals surface area contributed by atoms with Gasteiger partial charge in [0.1, 0.15) is 6.04 Å². The number of carbonyl (C=O) groups is 3. The minimum absolute atomic E-state index is 0.00964. The van der Waals surface area contributed by atoms with Crippen LogP contribution in [-0.4, -0.2) is 69.8 Å². The Bertz CT molecular complexity index is 737. The number of hydrogen-bond donors (Lipinski definition) is 3. The predicted molar refractivity (Wildman–Crippen MR) is 92.1 cm³/mol. The molecule has 3 aliphatic rings. The van der Waals surface area contributed by atoms with E-state index in [1.807, 2.05) is 0 Å². The van der Waals surface area contributed by atoms with Gasteiger partial charge in [-0.3, -0.25) is 19.8 Å². The lowest BCUT2D eigenvalue weighted by atomic mass is 9.78. The molecule has 4 heterocycles. The number of aromatic amines is 1. The topological polar surface area (TPSA) is 110 Å². The Morgan fingerprint density at radius 2 is 2.08 bits per heavy atom. The lowest BCUT2D eigenvalue weighted by Crippen LogP contribution is -2.57. The molecule has 1 unspecified atom stereocenters. The first-order valence-electron chi connectivity index (χ1n) is 9.20. The first kappa shape index (κ1) is 17.0. The molecule has 1 aromatic rings. The van der Waals surface area contributed by atoms with E-state index in [9.17, 15) is 14.4 Å². The van der Waals surface area contributed by atoms with E-state index in [0.29, 0.717) is 13.1 Å². The van der Waals surface area contributed by atoms with Gasteiger partial charge in [-0.2, -0.15) is 0 Å². The molecule has 2 fully saturated rings. The number of urea groups is 1. The fourth-order valence-corrected chi connectivity index (χ4v) is 4.57. The van der Waals surface area contributed by atoms with Crippen LogP contribution >= 0.6 is 0 Å². The molecule has 4 rings (SSSR count). The summed E-state index contributed by atoms with van der Waals surface area (Å²) in [6.07, 6.45) is 4.41. The van der Waals surface area contributed by atoms with Gasteiger partial charge in [-0.1, -0.05) is 6.92 Å². The van der Waals surface area contributed by atoms with E-state index in [0.717, 1.165) is 38.0 Å². The highest BCUT2D eigenvalue weighted by Gasteiger charge is 2.46. The third kappa shape index (κ3) is 2.66. The molecule has 0 bridgehead atoms. The minimum Gasteiger partial charge on any atom is -0.348 e. The zero-order valence-electron chi connectivity index (χ0n) is 14.9. The summed E-state index contributed by atoms with van der Waals surface area (Å²) in [6.45, 7) is 5.37. The zero-order chi connectivity index (χ0) is 18.3. The Kier molecular flexibility index (Phi) is 4.18. The number of rotatable bonds is 3. The van der Waals surface area contributed by atoms with Gasteiger partial charge < -0.3 is 15.2 Å². The summed E-state index contributed by atoms with van der Waals surface area (Å²) in [6, 6.07) is -1.29. The van der Waals surface area contributed by atoms with Gasteiger partial charge in [0.05, 0.1) is 24.0 Å². The lowest BCUT2D eigenvalue weighted by Gasteiger charge is -2.50. The quantitative estimate of drug-likeness (QED) is 0.641. The average molecular weight is 360 g/mol. The fraction of sp³-hybridized carbons (Fsp3) is 0.647. The van der Waals surface area contributed by atoms with Crippen molar-refractivity contribution >= 4 is 17.8 Å². The molecule has 140 valence electrons. The Morgan fingerprint density at radius 1 is 1.31 bits per heavy atom. The molecule has 1 aromatic heterocycles. The van der Waals surface area contributed by atoms with Gasteiger partial charge in [0.15, 0.2) is 0 Å². The van der Waals surface area contributed by atoms with Crippen LogP contribution < -0.4 is 10.6 Å². The lowest BCUT2D eigenvalue weighted by molar-refractivity contribution is -0.136. The Hall–Kier alpha value is -2.42. The predicted octanol–water partition coefficient (Wildman–Crippen LogP) is -0.296. The molecule has 26 heavy (non-hydrogen) atoms. The van der Waals surface area contributed by atoms with Crippen molar-refractivity contribution in [1.29, 1.82) is 0 Å². The summed E-state index contributed by atoms with van der Waals surface area (Å²) in [4.78, 5) is 47.6. The van der Waals surface area contributed by atoms with Crippen LogP contribution in [0, 0.1) is 0 Å². The van der Waals surface area contributed by atoms with Crippen molar-refractivity contribution in [3.8, 4) is 0 Å². The molecule has 0 radical (unpaired) electrons. The van der Waals surface area contributed by atoms with E-state index in [1.165, 1.54) is 5.69 Å². The van der Waals surface area contributed by atoms with Gasteiger partial charge in [-0.15, -0.1) is 0 Å². The SMILES string of the molecule is CCN1CCc2[nH]cnc2C12CCN(C(=O)CC1NC(=O)NC1=O)CC2. The van der Waals surface area contributed by atoms with Crippen molar-refractivity contribution in [3.05, 3.63) is 17.7 Å². The van der Waals surface area contributed by atoms with Crippen molar-refractivity contribution in [3.63, 3.8) is 0 Å². The number of carbonyl (C=O) groups excluding carboxylic acids is 3. The largest absolute Gasteiger partial charge is 0.348 e. The number of H-pyrrole nitrogens is 1. The van der Waals surface area contributed by atoms with E-state index in [1.54, 1.807) is 11.2 Å². The number of fused-ring (bicyclic) bond motifs is 2. The third-order valence-electron chi connectivity index (χ3n) is 5.96. The van der Waals surface area contributed by atoms with E-state index < -0.39 is 18.0 Å². The van der Waals surface area contributed by atoms with Crippen LogP contribution in [0.5, 0.6) is 0 Å². The van der Waals surface area contributed by atoms with Crippen LogP contribution in [0.1, 0.15) is 37.6 Å². The highest BCUT2D eigenvalue weighted by molar-refractivity contribution is 6.05. The number of likely N-dealkylation sites (tertiary alicyclic amines) is 1. The van der Waals surface area contributed by atoms with Gasteiger partial charge in [0.25, 0.3) is 5.91 Å². The van der Waals surface area contributed by atoms with Crippen molar-refractivity contribution in [2.75, 3.05) is 26.2 Å². The fourth-order valence-electron chi connectivity index (χ4n) is 4.57. The number of nitrogens with one attached hydrogen (secondary N) is 3. The monoisotopic (exact) mass is 360 g/mol. The minimum atomic E-state index is -0.759. The maximum atomic E-state index is 12.6. The van der Waals surface area contributed by atoms with Crippen LogP contribution in [0.2, 0.25) is 0 Å². The second-order valence-electron chi connectivity index (χ2n) is 7.19. The standard InChI is InChI=1S/C17H24N6O3/c1-2-23-6-3-11-14(19-10-18-11)17(23)4-7-22(8-5-17)13(24)9-12-15(25)21-16(26)20-12/h10,12H,2-9H2,1H3,(H,18,19)(H2,20,21,25,26). The van der Waals surface area contributed by atoms with Crippen molar-refractivity contribution in [2.45, 2.75) is 44.2 Å². The molecule has 0 aromatic carbocycles. The highest BCUT2D eigenvalue weighted by Crippen LogP contribution is 2.42. The van der Waals surface area contributed by atoms with Crippen molar-refractivity contribution in [1.82, 2.24) is 30.4 Å². The van der Waals surface area contributed by atoms with Gasteiger partial charge in [0, 0.05) is 31.7 Å². The third-order valence-corrected chi connectivity index (χ3v) is 5.96. The van der Waals surface area contributed by atoms with E-state index in [-0.39, 0.29) is 17.9 Å². The summed E-state index contributed by atoms with van der Waals surface area (Å²) in [5, 5.41) is 4.65. The molecule has 9 heteroatoms. The second kappa shape index (κ2) is 6.39. The summed E-state index contributed by atoms with van der Waals surface area (Å²) < 4.78 is 0. The number of imidazole rings is 1. The van der Waals surface area contributed by atoms with Gasteiger partial charge >= 0.3 is 6.03 Å². The van der Waals surface area contributed by atoms with Crippen LogP contribution in [-0.2, 0) is 21.5 Å². The Morgan fingerprint density at radius 3 is 2.73 bits per heavy atom. The number of likely N-dealkylation sites (N-methyl/N-ethyl adjacent to an activating group) is 1. The molecule has 1 spiro atoms. The first-order chi connectivity index (χ1) is 12.5. The molecule has 9 nitrogen and oxygen atoms in total. The normalized spacial score (nSPS) is 25.1. The molecule has 0 saturated carbocycles. The highest BCUT2D eigenvalue weighted by atomic mass is 16.2. The summed E-state index contributed by atoms with van der Waals surface area (Å²) >= 11 is 0. The van der Waals surface area contributed by atoms with Crippen LogP contribution in [0.25, 0.3) is 0 Å². The molecular formula is C17H24N6O3. The molecular weight excluding hydrogens is 336 g/mol. The Labute approximate surface area is 151 Å². The first-order valence-corrected chi connectivity index (χ1v) is 9.20. The second-order valence-corrected chi connectivity index (χ2v) is 7.19. The molecule has 3 N–H and O–H groups in total. The molecule has 3 aliphatic heterocycles. The molecule has 1 atom stereocenters. The van der Waals surface area contributed by atoms with Crippen LogP contribution in [0.3, 0.4) is 0 Å². The number of amides is 4. The zero-order valence-corrected chi connectivity index (χ0v) is 14.9. The number of piperidine rings is 1. The van der Waals surface area contributed by atoms with E-state index in [2.05, 4.69) is 32.4 Å². The van der Waals surface area contributed by atoms with Crippen LogP contribution in [0.15, 0.2) is 6.33 Å². The summed E-state index contributed by atoms with van der Waals surface area (Å²) in [5.74, 6) is -0.522. The Balaban J connectivity index is 1.44. The van der Waals surface area contributed by atoms with Crippen molar-refractivity contribution < 1.29 is 14.4 Å². The maximum absolute atomic E-state index is 12.6. The van der Waals surface area contributed by atoms with E-state index >= 15 is 0 Å². The number of hydrogen-bond acceptors (Lipinski definition) is 5. The van der Waals surface area contributed by atoms with Crippen molar-refractivity contribution in [2.24, 2.45) is 0 Å². The van der Waals surface area contributed by atoms with Gasteiger partial charge in [-0.05, 0) is 19.4 Å². The summed E-state index contributed by atoms with van der Waals surface area (Å²) in [5.41, 5.74) is 2.22. The molecule has 2 saturated heterocycles. The smallest absolute Gasteiger partial charge is 0.322 e. The molecule has 0 aliphatic carbocycles. The van der Waals surface area contributed by atoms with Crippen LogP contribution in [0.4, 0.5) is 4.79 Å². The number of nitrogens with zero attached hydrogens (tertiary/aromatic N) is 3. The average Bonchev–Trinajstić information content (AvgIpc) is 3.23. The molecule has 4 amide bonds. The van der Waals surface area contributed by atoms with Gasteiger partial charge in [0.2, 0.25) is 5.91 Å². The number of imide groups is 1. The van der Waals surface area contributed by atoms with Gasteiger partial charge in [-0.25, -0.2) is 9.78 Å². The van der Waals surface area contributed by atoms with E-state index in [4.69, 9.17) is 0 Å². The number of aromatic nitrogens is 2.